The van der Waals surface area contributed by atoms with Crippen molar-refractivity contribution in [2.45, 2.75) is 82.5 Å². The Morgan fingerprint density at radius 1 is 1.22 bits per heavy atom. The molecule has 0 aromatic heterocycles. The van der Waals surface area contributed by atoms with E-state index in [4.69, 9.17) is 5.73 Å². The number of hydrogen-bond acceptors (Lipinski definition) is 4. The molecule has 0 aliphatic heterocycles. The van der Waals surface area contributed by atoms with Crippen molar-refractivity contribution in [3.63, 3.8) is 0 Å². The fraction of sp³-hybridized carbons (Fsp3) is 0.870. The van der Waals surface area contributed by atoms with Crippen molar-refractivity contribution in [3.05, 3.63) is 12.2 Å². The van der Waals surface area contributed by atoms with Crippen LogP contribution in [0, 0.1) is 28.6 Å². The van der Waals surface area contributed by atoms with Gasteiger partial charge in [0.2, 0.25) is 0 Å². The first-order valence-electron chi connectivity index (χ1n) is 11.0. The Kier molecular flexibility index (Phi) is 5.09. The van der Waals surface area contributed by atoms with Crippen molar-refractivity contribution < 1.29 is 9.90 Å². The van der Waals surface area contributed by atoms with Crippen LogP contribution in [0.5, 0.6) is 0 Å². The molecule has 4 aliphatic rings. The van der Waals surface area contributed by atoms with Gasteiger partial charge in [0.1, 0.15) is 5.78 Å². The van der Waals surface area contributed by atoms with Gasteiger partial charge in [0, 0.05) is 22.5 Å². The highest BCUT2D eigenvalue weighted by Crippen LogP contribution is 2.68. The minimum absolute atomic E-state index is 0.0310. The Morgan fingerprint density at radius 3 is 2.74 bits per heavy atom. The molecule has 0 saturated heterocycles. The van der Waals surface area contributed by atoms with Crippen LogP contribution in [0.3, 0.4) is 0 Å². The van der Waals surface area contributed by atoms with E-state index in [1.54, 1.807) is 0 Å². The summed E-state index contributed by atoms with van der Waals surface area (Å²) < 4.78 is 0. The van der Waals surface area contributed by atoms with E-state index in [2.05, 4.69) is 20.4 Å². The molecule has 4 saturated carbocycles. The van der Waals surface area contributed by atoms with E-state index < -0.39 is 5.60 Å². The standard InChI is InChI=1S/C23H37NO2S/c1-15-13-23(26)14-16(27-12-4-11-24)7-10-22(23,3)18-8-9-21(2)17(20(15)18)5-6-19(21)25/h16-18,20,26H,1,4-14,24H2,2-3H3/t16-,17+,18+,20+,21+,22-,23-/m1/s1. The fourth-order valence-corrected chi connectivity index (χ4v) is 8.72. The summed E-state index contributed by atoms with van der Waals surface area (Å²) >= 11 is 2.01. The molecule has 0 spiro atoms. The number of hydrogen-bond donors (Lipinski definition) is 2. The first-order chi connectivity index (χ1) is 12.7. The number of Topliss-reactive ketones (excluding diaryl/α,β-unsaturated/α-hetero) is 1. The third kappa shape index (κ3) is 2.88. The normalized spacial score (nSPS) is 49.5. The van der Waals surface area contributed by atoms with E-state index in [1.807, 2.05) is 11.8 Å². The van der Waals surface area contributed by atoms with Gasteiger partial charge in [-0.1, -0.05) is 26.0 Å². The largest absolute Gasteiger partial charge is 0.389 e. The summed E-state index contributed by atoms with van der Waals surface area (Å²) in [5.74, 6) is 2.95. The van der Waals surface area contributed by atoms with Gasteiger partial charge in [-0.2, -0.15) is 11.8 Å². The average molecular weight is 392 g/mol. The molecule has 3 N–H and O–H groups in total. The second-order valence-corrected chi connectivity index (χ2v) is 11.7. The van der Waals surface area contributed by atoms with Crippen LogP contribution in [-0.2, 0) is 4.79 Å². The molecule has 0 aromatic carbocycles. The molecule has 0 unspecified atom stereocenters. The maximum atomic E-state index is 12.6. The third-order valence-electron chi connectivity index (χ3n) is 9.10. The number of carbonyl (C=O) groups is 1. The monoisotopic (exact) mass is 391 g/mol. The van der Waals surface area contributed by atoms with Crippen LogP contribution in [0.2, 0.25) is 0 Å². The first-order valence-corrected chi connectivity index (χ1v) is 12.0. The summed E-state index contributed by atoms with van der Waals surface area (Å²) in [6.07, 6.45) is 8.85. The Bertz CT molecular complexity index is 636. The van der Waals surface area contributed by atoms with Gasteiger partial charge in [0.25, 0.3) is 0 Å². The van der Waals surface area contributed by atoms with Gasteiger partial charge in [-0.15, -0.1) is 0 Å². The zero-order valence-corrected chi connectivity index (χ0v) is 18.0. The van der Waals surface area contributed by atoms with E-state index in [0.717, 1.165) is 63.7 Å². The van der Waals surface area contributed by atoms with Crippen LogP contribution in [0.25, 0.3) is 0 Å². The predicted molar refractivity (Wildman–Crippen MR) is 113 cm³/mol. The minimum atomic E-state index is -0.625. The number of thioether (sulfide) groups is 1. The summed E-state index contributed by atoms with van der Waals surface area (Å²) in [5, 5.41) is 12.4. The highest BCUT2D eigenvalue weighted by atomic mass is 32.2. The fourth-order valence-electron chi connectivity index (χ4n) is 7.38. The second kappa shape index (κ2) is 6.88. The topological polar surface area (TPSA) is 63.3 Å². The van der Waals surface area contributed by atoms with E-state index in [1.165, 1.54) is 12.0 Å². The Labute approximate surface area is 168 Å². The lowest BCUT2D eigenvalue weighted by atomic mass is 9.43. The van der Waals surface area contributed by atoms with Crippen LogP contribution in [0.15, 0.2) is 12.2 Å². The summed E-state index contributed by atoms with van der Waals surface area (Å²) in [4.78, 5) is 12.6. The zero-order valence-electron chi connectivity index (χ0n) is 17.1. The highest BCUT2D eigenvalue weighted by molar-refractivity contribution is 7.99. The molecule has 4 aliphatic carbocycles. The molecule has 7 atom stereocenters. The van der Waals surface area contributed by atoms with E-state index in [9.17, 15) is 9.90 Å². The molecule has 0 bridgehead atoms. The van der Waals surface area contributed by atoms with Crippen LogP contribution >= 0.6 is 11.8 Å². The van der Waals surface area contributed by atoms with Gasteiger partial charge in [-0.25, -0.2) is 0 Å². The van der Waals surface area contributed by atoms with Gasteiger partial charge < -0.3 is 10.8 Å². The van der Waals surface area contributed by atoms with Crippen molar-refractivity contribution in [2.75, 3.05) is 12.3 Å². The van der Waals surface area contributed by atoms with Crippen molar-refractivity contribution in [1.29, 1.82) is 0 Å². The molecule has 4 heteroatoms. The molecule has 0 amide bonds. The molecule has 4 fully saturated rings. The molecule has 152 valence electrons. The van der Waals surface area contributed by atoms with Crippen molar-refractivity contribution >= 4 is 17.5 Å². The summed E-state index contributed by atoms with van der Waals surface area (Å²) in [7, 11) is 0. The van der Waals surface area contributed by atoms with Gasteiger partial charge in [0.05, 0.1) is 5.60 Å². The minimum Gasteiger partial charge on any atom is -0.389 e. The Balaban J connectivity index is 1.58. The van der Waals surface area contributed by atoms with Crippen LogP contribution in [0.1, 0.15) is 71.6 Å². The lowest BCUT2D eigenvalue weighted by Gasteiger charge is -2.64. The maximum absolute atomic E-state index is 12.6. The van der Waals surface area contributed by atoms with E-state index in [0.29, 0.717) is 28.8 Å². The maximum Gasteiger partial charge on any atom is 0.139 e. The molecule has 3 nitrogen and oxygen atoms in total. The van der Waals surface area contributed by atoms with Crippen molar-refractivity contribution in [3.8, 4) is 0 Å². The first kappa shape index (κ1) is 20.0. The molecule has 4 rings (SSSR count). The van der Waals surface area contributed by atoms with Crippen molar-refractivity contribution in [1.82, 2.24) is 0 Å². The Morgan fingerprint density at radius 2 is 2.00 bits per heavy atom. The SMILES string of the molecule is C=C1C[C@@]2(O)C[C@H](SCCCN)CC[C@]2(C)[C@H]2CC[C@]3(C)C(=O)CC[C@H]3[C@H]12. The summed E-state index contributed by atoms with van der Waals surface area (Å²) in [6.45, 7) is 9.81. The lowest BCUT2D eigenvalue weighted by Crippen LogP contribution is -2.63. The summed E-state index contributed by atoms with van der Waals surface area (Å²) in [6, 6.07) is 0. The van der Waals surface area contributed by atoms with Crippen LogP contribution in [0.4, 0.5) is 0 Å². The highest BCUT2D eigenvalue weighted by Gasteiger charge is 2.65. The average Bonchev–Trinajstić information content (AvgIpc) is 2.92. The quantitative estimate of drug-likeness (QED) is 0.553. The molecule has 0 aromatic rings. The molecular weight excluding hydrogens is 354 g/mol. The molecular formula is C23H37NO2S. The molecule has 27 heavy (non-hydrogen) atoms. The number of nitrogens with two attached hydrogens (primary N) is 1. The number of ketones is 1. The smallest absolute Gasteiger partial charge is 0.139 e. The molecule has 0 radical (unpaired) electrons. The van der Waals surface area contributed by atoms with E-state index in [-0.39, 0.29) is 10.8 Å². The number of fused-ring (bicyclic) bond motifs is 5. The number of rotatable bonds is 4. The van der Waals surface area contributed by atoms with Gasteiger partial charge in [-0.05, 0) is 81.4 Å². The zero-order chi connectivity index (χ0) is 19.4. The van der Waals surface area contributed by atoms with Gasteiger partial charge in [0.15, 0.2) is 0 Å². The second-order valence-electron chi connectivity index (χ2n) is 10.3. The van der Waals surface area contributed by atoms with E-state index >= 15 is 0 Å². The van der Waals surface area contributed by atoms with Crippen LogP contribution < -0.4 is 5.73 Å². The van der Waals surface area contributed by atoms with Crippen molar-refractivity contribution in [2.24, 2.45) is 34.3 Å². The summed E-state index contributed by atoms with van der Waals surface area (Å²) in [5.41, 5.74) is 6.10. The lowest BCUT2D eigenvalue weighted by molar-refractivity contribution is -0.182. The van der Waals surface area contributed by atoms with Gasteiger partial charge >= 0.3 is 0 Å². The van der Waals surface area contributed by atoms with Crippen LogP contribution in [-0.4, -0.2) is 34.0 Å². The third-order valence-corrected chi connectivity index (χ3v) is 10.5. The Hall–Kier alpha value is -0.320. The number of aliphatic hydroxyl groups is 1. The molecule has 0 heterocycles. The van der Waals surface area contributed by atoms with Gasteiger partial charge in [-0.3, -0.25) is 4.79 Å². The predicted octanol–water partition coefficient (Wildman–Crippen LogP) is 4.33. The number of carbonyl (C=O) groups excluding carboxylic acids is 1.